The van der Waals surface area contributed by atoms with Crippen LogP contribution in [0.25, 0.3) is 0 Å². The molecule has 1 radical (unpaired) electrons. The Morgan fingerprint density at radius 2 is 2.57 bits per heavy atom. The smallest absolute Gasteiger partial charge is 0.00582 e. The Morgan fingerprint density at radius 3 is 3.57 bits per heavy atom. The number of thioether (sulfide) groups is 1. The predicted molar refractivity (Wildman–Crippen MR) is 34.5 cm³/mol. The van der Waals surface area contributed by atoms with Gasteiger partial charge < -0.3 is 5.32 Å². The summed E-state index contributed by atoms with van der Waals surface area (Å²) in [7, 11) is 0. The number of rotatable bonds is 0. The van der Waals surface area contributed by atoms with E-state index in [1.807, 2.05) is 11.8 Å². The second-order valence-electron chi connectivity index (χ2n) is 1.57. The van der Waals surface area contributed by atoms with Crippen LogP contribution in [-0.4, -0.2) is 24.6 Å². The van der Waals surface area contributed by atoms with E-state index in [0.29, 0.717) is 0 Å². The molecule has 0 aromatic rings. The molecule has 1 fully saturated rings. The van der Waals surface area contributed by atoms with Crippen LogP contribution in [0.1, 0.15) is 0 Å². The predicted octanol–water partition coefficient (Wildman–Crippen LogP) is 0.527. The van der Waals surface area contributed by atoms with E-state index in [-0.39, 0.29) is 0 Å². The molecule has 0 saturated carbocycles. The standard InChI is InChI=1S/C5H10NS/c1-2-6-3-5-7-4-1/h1,6H,2-5H2. The van der Waals surface area contributed by atoms with Crippen LogP contribution < -0.4 is 5.32 Å². The largest absolute Gasteiger partial charge is 0.316 e. The van der Waals surface area contributed by atoms with Gasteiger partial charge in [0.1, 0.15) is 0 Å². The molecule has 0 amide bonds. The van der Waals surface area contributed by atoms with Gasteiger partial charge in [-0.05, 0) is 18.7 Å². The van der Waals surface area contributed by atoms with Crippen molar-refractivity contribution in [3.8, 4) is 0 Å². The third kappa shape index (κ3) is 2.19. The fourth-order valence-electron chi connectivity index (χ4n) is 0.574. The molecule has 1 nitrogen and oxygen atoms in total. The third-order valence-electron chi connectivity index (χ3n) is 0.948. The summed E-state index contributed by atoms with van der Waals surface area (Å²) in [4.78, 5) is 0. The fraction of sp³-hybridized carbons (Fsp3) is 0.800. The molecule has 1 aliphatic heterocycles. The highest BCUT2D eigenvalue weighted by atomic mass is 32.2. The van der Waals surface area contributed by atoms with Crippen molar-refractivity contribution in [1.29, 1.82) is 0 Å². The first kappa shape index (κ1) is 5.45. The molecule has 0 aromatic heterocycles. The third-order valence-corrected chi connectivity index (χ3v) is 1.91. The molecule has 0 aromatic carbocycles. The minimum absolute atomic E-state index is 1.10. The lowest BCUT2D eigenvalue weighted by molar-refractivity contribution is 0.790. The summed E-state index contributed by atoms with van der Waals surface area (Å²) in [5.41, 5.74) is 0. The Balaban J connectivity index is 2.04. The highest BCUT2D eigenvalue weighted by Gasteiger charge is 1.94. The number of hydrogen-bond acceptors (Lipinski definition) is 2. The van der Waals surface area contributed by atoms with Gasteiger partial charge in [0.2, 0.25) is 0 Å². The molecule has 1 saturated heterocycles. The molecule has 7 heavy (non-hydrogen) atoms. The summed E-state index contributed by atoms with van der Waals surface area (Å²) in [5, 5.41) is 3.27. The van der Waals surface area contributed by atoms with Gasteiger partial charge in [0.15, 0.2) is 0 Å². The molecule has 0 bridgehead atoms. The van der Waals surface area contributed by atoms with Crippen molar-refractivity contribution in [2.75, 3.05) is 24.6 Å². The number of hydrogen-bond donors (Lipinski definition) is 1. The molecule has 1 N–H and O–H groups in total. The summed E-state index contributed by atoms with van der Waals surface area (Å²) >= 11 is 2.00. The maximum Gasteiger partial charge on any atom is 0.00582 e. The van der Waals surface area contributed by atoms with E-state index < -0.39 is 0 Å². The van der Waals surface area contributed by atoms with E-state index in [9.17, 15) is 0 Å². The average molecular weight is 116 g/mol. The van der Waals surface area contributed by atoms with Crippen LogP contribution in [0.5, 0.6) is 0 Å². The topological polar surface area (TPSA) is 12.0 Å². The monoisotopic (exact) mass is 116 g/mol. The zero-order valence-electron chi connectivity index (χ0n) is 4.31. The summed E-state index contributed by atoms with van der Waals surface area (Å²) in [6.45, 7) is 2.29. The van der Waals surface area contributed by atoms with Crippen LogP contribution in [0, 0.1) is 6.42 Å². The summed E-state index contributed by atoms with van der Waals surface area (Å²) in [5.74, 6) is 2.50. The van der Waals surface area contributed by atoms with Gasteiger partial charge >= 0.3 is 0 Å². The van der Waals surface area contributed by atoms with Crippen molar-refractivity contribution >= 4 is 11.8 Å². The highest BCUT2D eigenvalue weighted by Crippen LogP contribution is 2.01. The zero-order chi connectivity index (χ0) is 4.95. The van der Waals surface area contributed by atoms with Crippen LogP contribution >= 0.6 is 11.8 Å². The first-order chi connectivity index (χ1) is 3.50. The van der Waals surface area contributed by atoms with Gasteiger partial charge in [-0.2, -0.15) is 11.8 Å². The van der Waals surface area contributed by atoms with Crippen LogP contribution in [0.4, 0.5) is 0 Å². The van der Waals surface area contributed by atoms with Crippen LogP contribution in [0.15, 0.2) is 0 Å². The van der Waals surface area contributed by atoms with Gasteiger partial charge in [-0.1, -0.05) is 0 Å². The van der Waals surface area contributed by atoms with Crippen molar-refractivity contribution in [3.63, 3.8) is 0 Å². The van der Waals surface area contributed by atoms with E-state index in [4.69, 9.17) is 0 Å². The molecule has 1 rings (SSSR count). The minimum Gasteiger partial charge on any atom is -0.316 e. The molecule has 1 heterocycles. The Bertz CT molecular complexity index is 27.7. The lowest BCUT2D eigenvalue weighted by atomic mass is 10.5. The van der Waals surface area contributed by atoms with Crippen LogP contribution in [0.3, 0.4) is 0 Å². The summed E-state index contributed by atoms with van der Waals surface area (Å²) < 4.78 is 0. The molecular formula is C5H10NS. The Labute approximate surface area is 48.9 Å². The Kier molecular flexibility index (Phi) is 2.59. The van der Waals surface area contributed by atoms with E-state index in [0.717, 1.165) is 6.54 Å². The summed E-state index contributed by atoms with van der Waals surface area (Å²) in [6, 6.07) is 0. The van der Waals surface area contributed by atoms with Crippen molar-refractivity contribution < 1.29 is 0 Å². The average Bonchev–Trinajstić information content (AvgIpc) is 1.90. The van der Waals surface area contributed by atoms with Crippen molar-refractivity contribution in [1.82, 2.24) is 5.32 Å². The quantitative estimate of drug-likeness (QED) is 0.495. The summed E-state index contributed by atoms with van der Waals surface area (Å²) in [6.07, 6.45) is 2.28. The molecule has 0 atom stereocenters. The first-order valence-electron chi connectivity index (χ1n) is 2.60. The molecule has 0 aliphatic carbocycles. The van der Waals surface area contributed by atoms with Gasteiger partial charge in [-0.15, -0.1) is 0 Å². The normalized spacial score (nSPS) is 24.0. The van der Waals surface area contributed by atoms with Gasteiger partial charge in [-0.25, -0.2) is 0 Å². The minimum atomic E-state index is 1.10. The maximum atomic E-state index is 3.27. The van der Waals surface area contributed by atoms with Crippen LogP contribution in [0.2, 0.25) is 0 Å². The molecule has 2 heteroatoms. The highest BCUT2D eigenvalue weighted by molar-refractivity contribution is 7.99. The van der Waals surface area contributed by atoms with Crippen molar-refractivity contribution in [3.05, 3.63) is 6.42 Å². The number of nitrogens with one attached hydrogen (secondary N) is 1. The van der Waals surface area contributed by atoms with Crippen molar-refractivity contribution in [2.24, 2.45) is 0 Å². The maximum absolute atomic E-state index is 3.27. The SMILES string of the molecule is [CH]1CNCCSC1. The van der Waals surface area contributed by atoms with Gasteiger partial charge in [0.05, 0.1) is 0 Å². The zero-order valence-corrected chi connectivity index (χ0v) is 5.13. The van der Waals surface area contributed by atoms with Gasteiger partial charge in [0.25, 0.3) is 0 Å². The van der Waals surface area contributed by atoms with Crippen LogP contribution in [-0.2, 0) is 0 Å². The molecular weight excluding hydrogens is 106 g/mol. The van der Waals surface area contributed by atoms with E-state index in [1.165, 1.54) is 18.1 Å². The van der Waals surface area contributed by atoms with E-state index >= 15 is 0 Å². The lowest BCUT2D eigenvalue weighted by Gasteiger charge is -1.90. The van der Waals surface area contributed by atoms with E-state index in [1.54, 1.807) is 0 Å². The first-order valence-corrected chi connectivity index (χ1v) is 3.76. The molecule has 1 aliphatic rings. The fourth-order valence-corrected chi connectivity index (χ4v) is 1.31. The Morgan fingerprint density at radius 1 is 1.57 bits per heavy atom. The second-order valence-corrected chi connectivity index (χ2v) is 2.72. The Hall–Kier alpha value is 0.310. The van der Waals surface area contributed by atoms with Crippen molar-refractivity contribution in [2.45, 2.75) is 0 Å². The molecule has 0 spiro atoms. The van der Waals surface area contributed by atoms with Gasteiger partial charge in [0, 0.05) is 12.3 Å². The lowest BCUT2D eigenvalue weighted by Crippen LogP contribution is -2.15. The molecule has 41 valence electrons. The molecule has 0 unspecified atom stereocenters. The van der Waals surface area contributed by atoms with Gasteiger partial charge in [-0.3, -0.25) is 0 Å². The second kappa shape index (κ2) is 3.33. The van der Waals surface area contributed by atoms with E-state index in [2.05, 4.69) is 11.7 Å².